The van der Waals surface area contributed by atoms with E-state index in [0.29, 0.717) is 19.6 Å². The van der Waals surface area contributed by atoms with Crippen LogP contribution in [0.25, 0.3) is 0 Å². The summed E-state index contributed by atoms with van der Waals surface area (Å²) in [5.41, 5.74) is 0.767. The molecule has 2 rings (SSSR count). The van der Waals surface area contributed by atoms with Crippen LogP contribution in [0.15, 0.2) is 48.5 Å². The molecule has 0 aliphatic heterocycles. The number of alkyl halides is 3. The number of nitrogens with zero attached hydrogens (tertiary/aromatic N) is 1. The molecule has 0 atom stereocenters. The maximum atomic E-state index is 12.3. The minimum Gasteiger partial charge on any atom is -0.493 e. The molecular formula is C21H24F3NO4. The van der Waals surface area contributed by atoms with Gasteiger partial charge in [-0.25, -0.2) is 0 Å². The van der Waals surface area contributed by atoms with Gasteiger partial charge in [0.1, 0.15) is 12.4 Å². The smallest absolute Gasteiger partial charge is 0.422 e. The van der Waals surface area contributed by atoms with Gasteiger partial charge in [0.25, 0.3) is 0 Å². The number of rotatable bonds is 10. The molecule has 0 fully saturated rings. The monoisotopic (exact) mass is 411 g/mol. The number of likely N-dealkylation sites (N-methyl/N-ethyl adjacent to an activating group) is 1. The topological polar surface area (TPSA) is 48.0 Å². The molecule has 0 bridgehead atoms. The first-order valence-electron chi connectivity index (χ1n) is 9.07. The summed E-state index contributed by atoms with van der Waals surface area (Å²) in [6, 6.07) is 14.0. The zero-order valence-electron chi connectivity index (χ0n) is 16.4. The fourth-order valence-electron chi connectivity index (χ4n) is 2.53. The first-order chi connectivity index (χ1) is 13.8. The molecule has 5 nitrogen and oxygen atoms in total. The minimum atomic E-state index is -4.43. The number of carbonyl (C=O) groups is 1. The number of para-hydroxylation sites is 1. The van der Waals surface area contributed by atoms with Gasteiger partial charge in [0.2, 0.25) is 5.91 Å². The van der Waals surface area contributed by atoms with Crippen molar-refractivity contribution in [3.8, 4) is 17.2 Å². The highest BCUT2D eigenvalue weighted by Crippen LogP contribution is 2.30. The molecule has 2 aromatic rings. The molecular weight excluding hydrogens is 387 g/mol. The lowest BCUT2D eigenvalue weighted by molar-refractivity contribution is -0.153. The second-order valence-corrected chi connectivity index (χ2v) is 6.37. The Hall–Kier alpha value is -2.90. The highest BCUT2D eigenvalue weighted by Gasteiger charge is 2.29. The lowest BCUT2D eigenvalue weighted by Crippen LogP contribution is -2.31. The van der Waals surface area contributed by atoms with Gasteiger partial charge < -0.3 is 19.1 Å². The van der Waals surface area contributed by atoms with Gasteiger partial charge in [-0.2, -0.15) is 13.2 Å². The molecule has 2 aromatic carbocycles. The Morgan fingerprint density at radius 3 is 2.41 bits per heavy atom. The van der Waals surface area contributed by atoms with Crippen LogP contribution in [0.5, 0.6) is 17.2 Å². The van der Waals surface area contributed by atoms with Gasteiger partial charge in [0.05, 0.1) is 13.7 Å². The lowest BCUT2D eigenvalue weighted by atomic mass is 10.1. The summed E-state index contributed by atoms with van der Waals surface area (Å²) >= 11 is 0. The van der Waals surface area contributed by atoms with E-state index in [4.69, 9.17) is 14.2 Å². The lowest BCUT2D eigenvalue weighted by Gasteiger charge is -2.18. The summed E-state index contributed by atoms with van der Waals surface area (Å²) in [5.74, 6) is 0.894. The third-order valence-corrected chi connectivity index (χ3v) is 4.11. The van der Waals surface area contributed by atoms with Crippen molar-refractivity contribution in [1.29, 1.82) is 0 Å². The molecule has 8 heteroatoms. The van der Waals surface area contributed by atoms with Crippen molar-refractivity contribution in [2.45, 2.75) is 19.0 Å². The van der Waals surface area contributed by atoms with E-state index < -0.39 is 12.8 Å². The molecule has 0 aliphatic rings. The Balaban J connectivity index is 1.80. The highest BCUT2D eigenvalue weighted by atomic mass is 19.4. The van der Waals surface area contributed by atoms with Crippen LogP contribution in [-0.4, -0.2) is 50.9 Å². The third kappa shape index (κ3) is 7.93. The number of hydrogen-bond acceptors (Lipinski definition) is 4. The summed E-state index contributed by atoms with van der Waals surface area (Å²) in [5, 5.41) is 0. The minimum absolute atomic E-state index is 0.00933. The number of benzene rings is 2. The average Bonchev–Trinajstić information content (AvgIpc) is 2.70. The average molecular weight is 411 g/mol. The molecule has 0 saturated heterocycles. The van der Waals surface area contributed by atoms with Gasteiger partial charge in [-0.1, -0.05) is 24.3 Å². The van der Waals surface area contributed by atoms with Gasteiger partial charge in [-0.15, -0.1) is 0 Å². The highest BCUT2D eigenvalue weighted by molar-refractivity contribution is 5.76. The summed E-state index contributed by atoms with van der Waals surface area (Å²) in [7, 11) is 3.05. The molecule has 0 heterocycles. The van der Waals surface area contributed by atoms with E-state index in [1.807, 2.05) is 30.3 Å². The van der Waals surface area contributed by atoms with Crippen molar-refractivity contribution >= 4 is 5.91 Å². The van der Waals surface area contributed by atoms with Crippen molar-refractivity contribution < 1.29 is 32.2 Å². The van der Waals surface area contributed by atoms with Crippen LogP contribution in [0.3, 0.4) is 0 Å². The number of ether oxygens (including phenoxy) is 3. The van der Waals surface area contributed by atoms with Crippen LogP contribution in [0, 0.1) is 0 Å². The van der Waals surface area contributed by atoms with E-state index in [0.717, 1.165) is 11.3 Å². The number of hydrogen-bond donors (Lipinski definition) is 0. The molecule has 158 valence electrons. The summed E-state index contributed by atoms with van der Waals surface area (Å²) in [4.78, 5) is 13.9. The zero-order chi connectivity index (χ0) is 21.3. The van der Waals surface area contributed by atoms with Crippen molar-refractivity contribution in [3.63, 3.8) is 0 Å². The van der Waals surface area contributed by atoms with Crippen molar-refractivity contribution in [3.05, 3.63) is 54.1 Å². The van der Waals surface area contributed by atoms with Crippen LogP contribution in [0.4, 0.5) is 13.2 Å². The molecule has 29 heavy (non-hydrogen) atoms. The van der Waals surface area contributed by atoms with E-state index in [2.05, 4.69) is 0 Å². The van der Waals surface area contributed by atoms with Gasteiger partial charge in [-0.3, -0.25) is 4.79 Å². The van der Waals surface area contributed by atoms with Crippen LogP contribution in [-0.2, 0) is 11.2 Å². The van der Waals surface area contributed by atoms with E-state index in [1.165, 1.54) is 13.2 Å². The molecule has 0 unspecified atom stereocenters. The summed E-state index contributed by atoms with van der Waals surface area (Å²) < 4.78 is 52.4. The van der Waals surface area contributed by atoms with E-state index in [1.54, 1.807) is 24.1 Å². The van der Waals surface area contributed by atoms with Gasteiger partial charge >= 0.3 is 6.18 Å². The Morgan fingerprint density at radius 2 is 1.76 bits per heavy atom. The third-order valence-electron chi connectivity index (χ3n) is 4.11. The number of amides is 1. The number of methoxy groups -OCH3 is 1. The standard InChI is InChI=1S/C21H24F3NO4/c1-25(12-13-28-17-6-4-3-5-7-17)20(26)11-9-16-8-10-18(19(14-16)27-2)29-15-21(22,23)24/h3-8,10,14H,9,11-13,15H2,1-2H3. The van der Waals surface area contributed by atoms with E-state index >= 15 is 0 Å². The summed E-state index contributed by atoms with van der Waals surface area (Å²) in [6.07, 6.45) is -3.74. The first kappa shape index (κ1) is 22.4. The quantitative estimate of drug-likeness (QED) is 0.591. The molecule has 0 aliphatic carbocycles. The fourth-order valence-corrected chi connectivity index (χ4v) is 2.53. The molecule has 1 amide bonds. The Morgan fingerprint density at radius 1 is 1.03 bits per heavy atom. The second-order valence-electron chi connectivity index (χ2n) is 6.37. The number of aryl methyl sites for hydroxylation is 1. The Bertz CT molecular complexity index is 781. The van der Waals surface area contributed by atoms with Crippen molar-refractivity contribution in [2.24, 2.45) is 0 Å². The number of halogens is 3. The first-order valence-corrected chi connectivity index (χ1v) is 9.07. The predicted octanol–water partition coefficient (Wildman–Crippen LogP) is 4.11. The summed E-state index contributed by atoms with van der Waals surface area (Å²) in [6.45, 7) is -0.566. The second kappa shape index (κ2) is 10.6. The Kier molecular flexibility index (Phi) is 8.18. The fraction of sp³-hybridized carbons (Fsp3) is 0.381. The van der Waals surface area contributed by atoms with E-state index in [9.17, 15) is 18.0 Å². The van der Waals surface area contributed by atoms with E-state index in [-0.39, 0.29) is 23.8 Å². The van der Waals surface area contributed by atoms with Gasteiger partial charge in [0, 0.05) is 13.5 Å². The molecule has 0 spiro atoms. The van der Waals surface area contributed by atoms with Crippen LogP contribution >= 0.6 is 0 Å². The van der Waals surface area contributed by atoms with Gasteiger partial charge in [0.15, 0.2) is 18.1 Å². The molecule has 0 radical (unpaired) electrons. The Labute approximate surface area is 168 Å². The van der Waals surface area contributed by atoms with Crippen LogP contribution in [0.1, 0.15) is 12.0 Å². The largest absolute Gasteiger partial charge is 0.493 e. The van der Waals surface area contributed by atoms with Crippen molar-refractivity contribution in [1.82, 2.24) is 4.90 Å². The van der Waals surface area contributed by atoms with Crippen LogP contribution in [0.2, 0.25) is 0 Å². The molecule has 0 saturated carbocycles. The zero-order valence-corrected chi connectivity index (χ0v) is 16.4. The van der Waals surface area contributed by atoms with Gasteiger partial charge in [-0.05, 0) is 36.2 Å². The number of carbonyl (C=O) groups excluding carboxylic acids is 1. The molecule has 0 aromatic heterocycles. The van der Waals surface area contributed by atoms with Crippen LogP contribution < -0.4 is 14.2 Å². The predicted molar refractivity (Wildman–Crippen MR) is 102 cm³/mol. The van der Waals surface area contributed by atoms with Crippen molar-refractivity contribution in [2.75, 3.05) is 33.9 Å². The molecule has 0 N–H and O–H groups in total. The normalized spacial score (nSPS) is 11.1. The maximum Gasteiger partial charge on any atom is 0.422 e. The maximum absolute atomic E-state index is 12.3. The SMILES string of the molecule is COc1cc(CCC(=O)N(C)CCOc2ccccc2)ccc1OCC(F)(F)F.